The number of ether oxygens (including phenoxy) is 1. The molecule has 0 saturated carbocycles. The average molecular weight is 263 g/mol. The van der Waals surface area contributed by atoms with Crippen LogP contribution in [0.3, 0.4) is 0 Å². The Hall–Kier alpha value is -1.02. The maximum atomic E-state index is 5.28. The Labute approximate surface area is 118 Å². The summed E-state index contributed by atoms with van der Waals surface area (Å²) >= 11 is 0. The van der Waals surface area contributed by atoms with Crippen molar-refractivity contribution in [3.8, 4) is 5.75 Å². The number of hydrogen-bond acceptors (Lipinski definition) is 2. The standard InChI is InChI=1S/C17H29NO/c1-4-12-18-13-8-6-5-7-9-16-10-11-17(19-3)15(2)14-16/h10-11,14,18H,4-9,12-13H2,1-3H3. The number of rotatable bonds is 10. The zero-order valence-electron chi connectivity index (χ0n) is 12.8. The van der Waals surface area contributed by atoms with Gasteiger partial charge in [0.1, 0.15) is 5.75 Å². The van der Waals surface area contributed by atoms with Crippen LogP contribution in [0, 0.1) is 6.92 Å². The molecule has 2 heteroatoms. The molecule has 2 nitrogen and oxygen atoms in total. The molecule has 0 radical (unpaired) electrons. The van der Waals surface area contributed by atoms with E-state index >= 15 is 0 Å². The summed E-state index contributed by atoms with van der Waals surface area (Å²) in [6, 6.07) is 6.52. The van der Waals surface area contributed by atoms with E-state index in [1.54, 1.807) is 7.11 Å². The zero-order chi connectivity index (χ0) is 13.9. The van der Waals surface area contributed by atoms with Crippen molar-refractivity contribution in [1.82, 2.24) is 5.32 Å². The van der Waals surface area contributed by atoms with Crippen molar-refractivity contribution in [2.45, 2.75) is 52.4 Å². The van der Waals surface area contributed by atoms with Crippen LogP contribution in [0.15, 0.2) is 18.2 Å². The number of hydrogen-bond donors (Lipinski definition) is 1. The summed E-state index contributed by atoms with van der Waals surface area (Å²) in [6.45, 7) is 6.66. The van der Waals surface area contributed by atoms with Crippen molar-refractivity contribution in [3.63, 3.8) is 0 Å². The van der Waals surface area contributed by atoms with Crippen LogP contribution in [-0.2, 0) is 6.42 Å². The molecule has 0 fully saturated rings. The summed E-state index contributed by atoms with van der Waals surface area (Å²) < 4.78 is 5.28. The Morgan fingerprint density at radius 3 is 2.53 bits per heavy atom. The third-order valence-electron chi connectivity index (χ3n) is 3.46. The maximum absolute atomic E-state index is 5.28. The third kappa shape index (κ3) is 6.63. The van der Waals surface area contributed by atoms with Crippen LogP contribution in [0.2, 0.25) is 0 Å². The summed E-state index contributed by atoms with van der Waals surface area (Å²) in [7, 11) is 1.73. The second kappa shape index (κ2) is 9.85. The van der Waals surface area contributed by atoms with E-state index in [2.05, 4.69) is 37.4 Å². The van der Waals surface area contributed by atoms with Crippen molar-refractivity contribution in [2.75, 3.05) is 20.2 Å². The monoisotopic (exact) mass is 263 g/mol. The molecule has 0 aromatic heterocycles. The van der Waals surface area contributed by atoms with Gasteiger partial charge in [-0.05, 0) is 62.9 Å². The van der Waals surface area contributed by atoms with E-state index in [1.807, 2.05) is 0 Å². The van der Waals surface area contributed by atoms with Gasteiger partial charge in [-0.15, -0.1) is 0 Å². The van der Waals surface area contributed by atoms with Crippen LogP contribution in [0.1, 0.15) is 50.2 Å². The minimum atomic E-state index is 0.991. The Morgan fingerprint density at radius 2 is 1.84 bits per heavy atom. The van der Waals surface area contributed by atoms with Crippen molar-refractivity contribution in [3.05, 3.63) is 29.3 Å². The van der Waals surface area contributed by atoms with Crippen molar-refractivity contribution in [1.29, 1.82) is 0 Å². The molecule has 108 valence electrons. The maximum Gasteiger partial charge on any atom is 0.121 e. The van der Waals surface area contributed by atoms with Gasteiger partial charge >= 0.3 is 0 Å². The first-order valence-corrected chi connectivity index (χ1v) is 7.62. The minimum absolute atomic E-state index is 0.991. The lowest BCUT2D eigenvalue weighted by Gasteiger charge is -2.07. The van der Waals surface area contributed by atoms with E-state index in [0.29, 0.717) is 0 Å². The van der Waals surface area contributed by atoms with Crippen molar-refractivity contribution >= 4 is 0 Å². The molecule has 19 heavy (non-hydrogen) atoms. The second-order valence-electron chi connectivity index (χ2n) is 5.22. The van der Waals surface area contributed by atoms with E-state index < -0.39 is 0 Å². The van der Waals surface area contributed by atoms with E-state index in [1.165, 1.54) is 56.2 Å². The Morgan fingerprint density at radius 1 is 1.05 bits per heavy atom. The highest BCUT2D eigenvalue weighted by Crippen LogP contribution is 2.19. The van der Waals surface area contributed by atoms with Gasteiger partial charge < -0.3 is 10.1 Å². The fraction of sp³-hybridized carbons (Fsp3) is 0.647. The largest absolute Gasteiger partial charge is 0.496 e. The summed E-state index contributed by atoms with van der Waals surface area (Å²) in [5, 5.41) is 3.45. The molecule has 0 saturated heterocycles. The highest BCUT2D eigenvalue weighted by atomic mass is 16.5. The molecule has 0 heterocycles. The van der Waals surface area contributed by atoms with Crippen LogP contribution in [0.5, 0.6) is 5.75 Å². The zero-order valence-corrected chi connectivity index (χ0v) is 12.8. The minimum Gasteiger partial charge on any atom is -0.496 e. The molecular weight excluding hydrogens is 234 g/mol. The van der Waals surface area contributed by atoms with Gasteiger partial charge in [-0.1, -0.05) is 31.9 Å². The molecule has 1 N–H and O–H groups in total. The molecule has 1 aromatic rings. The second-order valence-corrected chi connectivity index (χ2v) is 5.22. The Kier molecular flexibility index (Phi) is 8.31. The normalized spacial score (nSPS) is 10.7. The molecule has 1 aromatic carbocycles. The van der Waals surface area contributed by atoms with Crippen LogP contribution in [0.4, 0.5) is 0 Å². The third-order valence-corrected chi connectivity index (χ3v) is 3.46. The van der Waals surface area contributed by atoms with Gasteiger partial charge in [0.15, 0.2) is 0 Å². The average Bonchev–Trinajstić information content (AvgIpc) is 2.42. The van der Waals surface area contributed by atoms with Crippen LogP contribution in [0.25, 0.3) is 0 Å². The van der Waals surface area contributed by atoms with Crippen molar-refractivity contribution < 1.29 is 4.74 Å². The van der Waals surface area contributed by atoms with Gasteiger partial charge in [-0.2, -0.15) is 0 Å². The molecule has 0 aliphatic carbocycles. The van der Waals surface area contributed by atoms with Gasteiger partial charge in [-0.3, -0.25) is 0 Å². The van der Waals surface area contributed by atoms with Crippen LogP contribution < -0.4 is 10.1 Å². The fourth-order valence-corrected chi connectivity index (χ4v) is 2.33. The summed E-state index contributed by atoms with van der Waals surface area (Å²) in [5.41, 5.74) is 2.67. The van der Waals surface area contributed by atoms with E-state index in [9.17, 15) is 0 Å². The molecular formula is C17H29NO. The number of unbranched alkanes of at least 4 members (excludes halogenated alkanes) is 3. The molecule has 0 aliphatic heterocycles. The molecule has 0 amide bonds. The topological polar surface area (TPSA) is 21.3 Å². The van der Waals surface area contributed by atoms with E-state index in [-0.39, 0.29) is 0 Å². The molecule has 0 atom stereocenters. The first kappa shape index (κ1) is 16.0. The number of aryl methyl sites for hydroxylation is 2. The lowest BCUT2D eigenvalue weighted by atomic mass is 10.0. The van der Waals surface area contributed by atoms with Gasteiger partial charge in [-0.25, -0.2) is 0 Å². The molecule has 0 unspecified atom stereocenters. The van der Waals surface area contributed by atoms with Gasteiger partial charge in [0.2, 0.25) is 0 Å². The van der Waals surface area contributed by atoms with Crippen LogP contribution >= 0.6 is 0 Å². The quantitative estimate of drug-likeness (QED) is 0.642. The highest BCUT2D eigenvalue weighted by Gasteiger charge is 2.00. The molecule has 0 aliphatic rings. The molecule has 0 spiro atoms. The lowest BCUT2D eigenvalue weighted by molar-refractivity contribution is 0.411. The van der Waals surface area contributed by atoms with E-state index in [0.717, 1.165) is 12.3 Å². The molecule has 0 bridgehead atoms. The van der Waals surface area contributed by atoms with Gasteiger partial charge in [0.25, 0.3) is 0 Å². The van der Waals surface area contributed by atoms with Crippen molar-refractivity contribution in [2.24, 2.45) is 0 Å². The number of nitrogens with one attached hydrogen (secondary N) is 1. The summed E-state index contributed by atoms with van der Waals surface area (Å²) in [6.07, 6.45) is 7.69. The van der Waals surface area contributed by atoms with Crippen LogP contribution in [-0.4, -0.2) is 20.2 Å². The SMILES string of the molecule is CCCNCCCCCCc1ccc(OC)c(C)c1. The fourth-order valence-electron chi connectivity index (χ4n) is 2.33. The summed E-state index contributed by atoms with van der Waals surface area (Å²) in [4.78, 5) is 0. The number of benzene rings is 1. The van der Waals surface area contributed by atoms with E-state index in [4.69, 9.17) is 4.74 Å². The smallest absolute Gasteiger partial charge is 0.121 e. The highest BCUT2D eigenvalue weighted by molar-refractivity contribution is 5.36. The predicted octanol–water partition coefficient (Wildman–Crippen LogP) is 4.11. The Balaban J connectivity index is 2.11. The predicted molar refractivity (Wildman–Crippen MR) is 83.1 cm³/mol. The first-order chi connectivity index (χ1) is 9.27. The summed E-state index contributed by atoms with van der Waals surface area (Å²) in [5.74, 6) is 0.991. The molecule has 1 rings (SSSR count). The lowest BCUT2D eigenvalue weighted by Crippen LogP contribution is -2.15. The first-order valence-electron chi connectivity index (χ1n) is 7.62. The Bertz CT molecular complexity index is 349. The number of methoxy groups -OCH3 is 1. The van der Waals surface area contributed by atoms with Gasteiger partial charge in [0.05, 0.1) is 7.11 Å². The van der Waals surface area contributed by atoms with Gasteiger partial charge in [0, 0.05) is 0 Å².